The number of hydrogen-bond donors (Lipinski definition) is 2. The molecule has 1 rings (SSSR count). The summed E-state index contributed by atoms with van der Waals surface area (Å²) in [5.74, 6) is -0.592. The molecule has 0 spiro atoms. The molecule has 2 unspecified atom stereocenters. The van der Waals surface area contributed by atoms with Crippen molar-refractivity contribution in [3.05, 3.63) is 0 Å². The molecule has 1 aliphatic heterocycles. The zero-order chi connectivity index (χ0) is 15.1. The zero-order valence-corrected chi connectivity index (χ0v) is 12.8. The van der Waals surface area contributed by atoms with E-state index in [1.54, 1.807) is 6.92 Å². The van der Waals surface area contributed by atoms with Gasteiger partial charge in [-0.3, -0.25) is 0 Å². The van der Waals surface area contributed by atoms with Crippen molar-refractivity contribution in [2.24, 2.45) is 5.92 Å². The van der Waals surface area contributed by atoms with E-state index < -0.39 is 12.0 Å². The maximum Gasteiger partial charge on any atom is 0.326 e. The van der Waals surface area contributed by atoms with Crippen LogP contribution in [-0.4, -0.2) is 66.2 Å². The van der Waals surface area contributed by atoms with Crippen molar-refractivity contribution in [2.45, 2.75) is 39.2 Å². The molecule has 0 bridgehead atoms. The fourth-order valence-electron chi connectivity index (χ4n) is 2.61. The average molecular weight is 285 g/mol. The summed E-state index contributed by atoms with van der Waals surface area (Å²) in [6.07, 6.45) is 2.93. The van der Waals surface area contributed by atoms with Crippen molar-refractivity contribution in [2.75, 3.05) is 33.2 Å². The Morgan fingerprint density at radius 2 is 1.95 bits per heavy atom. The molecule has 2 amide bonds. The Kier molecular flexibility index (Phi) is 6.78. The maximum atomic E-state index is 11.9. The number of carboxylic acids is 1. The predicted molar refractivity (Wildman–Crippen MR) is 77.7 cm³/mol. The van der Waals surface area contributed by atoms with Gasteiger partial charge in [-0.2, -0.15) is 0 Å². The molecule has 20 heavy (non-hydrogen) atoms. The summed E-state index contributed by atoms with van der Waals surface area (Å²) >= 11 is 0. The van der Waals surface area contributed by atoms with Crippen LogP contribution in [0.15, 0.2) is 0 Å². The van der Waals surface area contributed by atoms with E-state index in [1.165, 1.54) is 24.8 Å². The second kappa shape index (κ2) is 8.09. The molecule has 116 valence electrons. The molecule has 0 saturated carbocycles. The van der Waals surface area contributed by atoms with Crippen LogP contribution in [0.1, 0.15) is 33.1 Å². The highest BCUT2D eigenvalue weighted by Gasteiger charge is 2.24. The van der Waals surface area contributed by atoms with E-state index in [0.717, 1.165) is 19.6 Å². The molecule has 1 fully saturated rings. The second-order valence-electron chi connectivity index (χ2n) is 5.67. The summed E-state index contributed by atoms with van der Waals surface area (Å²) in [6.45, 7) is 7.73. The van der Waals surface area contributed by atoms with Crippen molar-refractivity contribution in [3.8, 4) is 0 Å². The third-order valence-corrected chi connectivity index (χ3v) is 3.83. The number of nitrogens with one attached hydrogen (secondary N) is 1. The minimum absolute atomic E-state index is 0.312. The van der Waals surface area contributed by atoms with Crippen molar-refractivity contribution in [3.63, 3.8) is 0 Å². The standard InChI is InChI=1S/C14H27N3O3/c1-4-12(13(18)19)16(3)14(20)15-9-11(2)10-17-7-5-6-8-17/h11-12H,4-10H2,1-3H3,(H,15,20)(H,18,19). The number of nitrogens with zero attached hydrogens (tertiary/aromatic N) is 2. The van der Waals surface area contributed by atoms with Crippen LogP contribution in [-0.2, 0) is 4.79 Å². The normalized spacial score (nSPS) is 18.6. The lowest BCUT2D eigenvalue weighted by atomic mass is 10.1. The number of hydrogen-bond acceptors (Lipinski definition) is 3. The number of likely N-dealkylation sites (N-methyl/N-ethyl adjacent to an activating group) is 1. The van der Waals surface area contributed by atoms with Crippen LogP contribution >= 0.6 is 0 Å². The van der Waals surface area contributed by atoms with Gasteiger partial charge in [-0.05, 0) is 38.3 Å². The van der Waals surface area contributed by atoms with Gasteiger partial charge in [0.15, 0.2) is 0 Å². The van der Waals surface area contributed by atoms with Gasteiger partial charge < -0.3 is 20.2 Å². The van der Waals surface area contributed by atoms with Crippen LogP contribution in [0.3, 0.4) is 0 Å². The number of carboxylic acid groups (broad SMARTS) is 1. The van der Waals surface area contributed by atoms with Crippen LogP contribution in [0.5, 0.6) is 0 Å². The molecule has 0 aliphatic carbocycles. The van der Waals surface area contributed by atoms with E-state index in [1.807, 2.05) is 0 Å². The topological polar surface area (TPSA) is 72.9 Å². The number of amides is 2. The smallest absolute Gasteiger partial charge is 0.326 e. The number of urea groups is 1. The number of rotatable bonds is 7. The molecule has 0 aromatic rings. The molecule has 2 atom stereocenters. The first-order valence-electron chi connectivity index (χ1n) is 7.41. The van der Waals surface area contributed by atoms with E-state index in [0.29, 0.717) is 18.9 Å². The zero-order valence-electron chi connectivity index (χ0n) is 12.8. The highest BCUT2D eigenvalue weighted by molar-refractivity contribution is 5.82. The van der Waals surface area contributed by atoms with Crippen LogP contribution in [0.4, 0.5) is 4.79 Å². The summed E-state index contributed by atoms with van der Waals surface area (Å²) in [5.41, 5.74) is 0. The highest BCUT2D eigenvalue weighted by Crippen LogP contribution is 2.10. The Labute approximate surface area is 121 Å². The van der Waals surface area contributed by atoms with Gasteiger partial charge in [0.05, 0.1) is 0 Å². The Morgan fingerprint density at radius 3 is 2.45 bits per heavy atom. The Hall–Kier alpha value is -1.30. The van der Waals surface area contributed by atoms with Gasteiger partial charge in [0.1, 0.15) is 6.04 Å². The maximum absolute atomic E-state index is 11.9. The third-order valence-electron chi connectivity index (χ3n) is 3.83. The van der Waals surface area contributed by atoms with E-state index in [4.69, 9.17) is 5.11 Å². The fraction of sp³-hybridized carbons (Fsp3) is 0.857. The molecule has 0 aromatic carbocycles. The monoisotopic (exact) mass is 285 g/mol. The van der Waals surface area contributed by atoms with Crippen molar-refractivity contribution >= 4 is 12.0 Å². The minimum Gasteiger partial charge on any atom is -0.480 e. The van der Waals surface area contributed by atoms with E-state index in [9.17, 15) is 9.59 Å². The Balaban J connectivity index is 2.32. The lowest BCUT2D eigenvalue weighted by Gasteiger charge is -2.26. The van der Waals surface area contributed by atoms with Gasteiger partial charge in [0, 0.05) is 20.1 Å². The molecule has 2 N–H and O–H groups in total. The van der Waals surface area contributed by atoms with Crippen LogP contribution in [0.25, 0.3) is 0 Å². The molecular weight excluding hydrogens is 258 g/mol. The van der Waals surface area contributed by atoms with Gasteiger partial charge in [-0.25, -0.2) is 9.59 Å². The first kappa shape index (κ1) is 16.8. The summed E-state index contributed by atoms with van der Waals surface area (Å²) in [7, 11) is 1.53. The van der Waals surface area contributed by atoms with Crippen molar-refractivity contribution in [1.82, 2.24) is 15.1 Å². The first-order valence-corrected chi connectivity index (χ1v) is 7.41. The molecule has 0 radical (unpaired) electrons. The average Bonchev–Trinajstić information content (AvgIpc) is 2.88. The largest absolute Gasteiger partial charge is 0.480 e. The summed E-state index contributed by atoms with van der Waals surface area (Å²) in [5, 5.41) is 11.9. The first-order chi connectivity index (χ1) is 9.45. The predicted octanol–water partition coefficient (Wildman–Crippen LogP) is 1.22. The van der Waals surface area contributed by atoms with Gasteiger partial charge in [0.2, 0.25) is 0 Å². The van der Waals surface area contributed by atoms with Crippen molar-refractivity contribution < 1.29 is 14.7 Å². The van der Waals surface area contributed by atoms with E-state index >= 15 is 0 Å². The van der Waals surface area contributed by atoms with Crippen LogP contribution in [0.2, 0.25) is 0 Å². The SMILES string of the molecule is CCC(C(=O)O)N(C)C(=O)NCC(C)CN1CCCC1. The lowest BCUT2D eigenvalue weighted by Crippen LogP contribution is -2.48. The molecule has 6 heteroatoms. The minimum atomic E-state index is -0.963. The Bertz CT molecular complexity index is 330. The second-order valence-corrected chi connectivity index (χ2v) is 5.67. The molecule has 1 heterocycles. The lowest BCUT2D eigenvalue weighted by molar-refractivity contribution is -0.141. The van der Waals surface area contributed by atoms with E-state index in [2.05, 4.69) is 17.1 Å². The van der Waals surface area contributed by atoms with E-state index in [-0.39, 0.29) is 6.03 Å². The number of likely N-dealkylation sites (tertiary alicyclic amines) is 1. The van der Waals surface area contributed by atoms with Crippen LogP contribution in [0, 0.1) is 5.92 Å². The molecule has 0 aromatic heterocycles. The van der Waals surface area contributed by atoms with Crippen LogP contribution < -0.4 is 5.32 Å². The van der Waals surface area contributed by atoms with Gasteiger partial charge >= 0.3 is 12.0 Å². The molecule has 6 nitrogen and oxygen atoms in total. The number of carbonyl (C=O) groups is 2. The van der Waals surface area contributed by atoms with Crippen molar-refractivity contribution in [1.29, 1.82) is 0 Å². The number of carbonyl (C=O) groups excluding carboxylic acids is 1. The molecular formula is C14H27N3O3. The van der Waals surface area contributed by atoms with Gasteiger partial charge in [0.25, 0.3) is 0 Å². The molecule has 1 saturated heterocycles. The Morgan fingerprint density at radius 1 is 1.35 bits per heavy atom. The number of aliphatic carboxylic acids is 1. The fourth-order valence-corrected chi connectivity index (χ4v) is 2.61. The third kappa shape index (κ3) is 5.00. The quantitative estimate of drug-likeness (QED) is 0.738. The summed E-state index contributed by atoms with van der Waals surface area (Å²) < 4.78 is 0. The van der Waals surface area contributed by atoms with Gasteiger partial charge in [-0.1, -0.05) is 13.8 Å². The summed E-state index contributed by atoms with van der Waals surface area (Å²) in [4.78, 5) is 26.6. The highest BCUT2D eigenvalue weighted by atomic mass is 16.4. The van der Waals surface area contributed by atoms with Gasteiger partial charge in [-0.15, -0.1) is 0 Å². The molecule has 1 aliphatic rings. The summed E-state index contributed by atoms with van der Waals surface area (Å²) in [6, 6.07) is -1.07.